The highest BCUT2D eigenvalue weighted by atomic mass is 16.5. The zero-order chi connectivity index (χ0) is 17.6. The summed E-state index contributed by atoms with van der Waals surface area (Å²) in [6.07, 6.45) is 4.06. The Hall–Kier alpha value is -2.27. The first-order valence-electron chi connectivity index (χ1n) is 8.87. The number of hydrogen-bond acceptors (Lipinski definition) is 4. The molecular formula is C20H26N2O3. The first-order valence-corrected chi connectivity index (χ1v) is 8.87. The van der Waals surface area contributed by atoms with E-state index in [-0.39, 0.29) is 11.9 Å². The van der Waals surface area contributed by atoms with Crippen molar-refractivity contribution >= 4 is 5.91 Å². The summed E-state index contributed by atoms with van der Waals surface area (Å²) in [7, 11) is 1.60. The number of carbonyl (C=O) groups excluding carboxylic acids is 1. The summed E-state index contributed by atoms with van der Waals surface area (Å²) in [5, 5.41) is 3.05. The maximum Gasteiger partial charge on any atom is 0.251 e. The van der Waals surface area contributed by atoms with Crippen LogP contribution in [0.3, 0.4) is 0 Å². The van der Waals surface area contributed by atoms with Gasteiger partial charge in [0.05, 0.1) is 19.4 Å². The van der Waals surface area contributed by atoms with Gasteiger partial charge in [-0.3, -0.25) is 9.69 Å². The zero-order valence-electron chi connectivity index (χ0n) is 14.9. The molecule has 134 valence electrons. The van der Waals surface area contributed by atoms with Crippen LogP contribution in [0, 0.1) is 5.92 Å². The number of rotatable bonds is 6. The summed E-state index contributed by atoms with van der Waals surface area (Å²) in [6, 6.07) is 11.2. The summed E-state index contributed by atoms with van der Waals surface area (Å²) in [5.41, 5.74) is 0.602. The number of furan rings is 1. The number of piperidine rings is 1. The van der Waals surface area contributed by atoms with Crippen molar-refractivity contribution in [1.29, 1.82) is 0 Å². The second-order valence-corrected chi connectivity index (χ2v) is 6.69. The molecule has 5 heteroatoms. The summed E-state index contributed by atoms with van der Waals surface area (Å²) >= 11 is 0. The van der Waals surface area contributed by atoms with Crippen molar-refractivity contribution in [3.63, 3.8) is 0 Å². The van der Waals surface area contributed by atoms with E-state index in [4.69, 9.17) is 9.15 Å². The number of benzene rings is 1. The molecule has 25 heavy (non-hydrogen) atoms. The quantitative estimate of drug-likeness (QED) is 0.873. The van der Waals surface area contributed by atoms with Crippen LogP contribution in [0.15, 0.2) is 47.1 Å². The van der Waals surface area contributed by atoms with Gasteiger partial charge in [0.15, 0.2) is 0 Å². The molecule has 1 amide bonds. The van der Waals surface area contributed by atoms with Crippen molar-refractivity contribution in [3.8, 4) is 5.75 Å². The van der Waals surface area contributed by atoms with Gasteiger partial charge in [0, 0.05) is 12.1 Å². The molecule has 1 aromatic carbocycles. The number of likely N-dealkylation sites (tertiary alicyclic amines) is 1. The van der Waals surface area contributed by atoms with Gasteiger partial charge in [-0.2, -0.15) is 0 Å². The molecule has 0 bridgehead atoms. The standard InChI is InChI=1S/C20H26N2O3/c1-15-8-10-22(11-9-15)18(19-7-4-12-25-19)14-21-20(23)16-5-3-6-17(13-16)24-2/h3-7,12-13,15,18H,8-11,14H2,1-2H3,(H,21,23). The average Bonchev–Trinajstić information content (AvgIpc) is 3.17. The molecule has 1 aromatic heterocycles. The third kappa shape index (κ3) is 4.42. The van der Waals surface area contributed by atoms with E-state index in [2.05, 4.69) is 17.1 Å². The molecular weight excluding hydrogens is 316 g/mol. The molecule has 0 saturated carbocycles. The minimum atomic E-state index is -0.0965. The monoisotopic (exact) mass is 342 g/mol. The third-order valence-electron chi connectivity index (χ3n) is 4.92. The van der Waals surface area contributed by atoms with Crippen LogP contribution < -0.4 is 10.1 Å². The Bertz CT molecular complexity index is 676. The van der Waals surface area contributed by atoms with Gasteiger partial charge in [0.2, 0.25) is 0 Å². The van der Waals surface area contributed by atoms with Crippen molar-refractivity contribution in [2.45, 2.75) is 25.8 Å². The second-order valence-electron chi connectivity index (χ2n) is 6.69. The molecule has 1 atom stereocenters. The number of ether oxygens (including phenoxy) is 1. The van der Waals surface area contributed by atoms with E-state index >= 15 is 0 Å². The molecule has 1 N–H and O–H groups in total. The van der Waals surface area contributed by atoms with E-state index < -0.39 is 0 Å². The van der Waals surface area contributed by atoms with E-state index in [1.807, 2.05) is 24.3 Å². The highest BCUT2D eigenvalue weighted by Gasteiger charge is 2.27. The van der Waals surface area contributed by atoms with Crippen LogP contribution in [0.25, 0.3) is 0 Å². The lowest BCUT2D eigenvalue weighted by Gasteiger charge is -2.35. The predicted octanol–water partition coefficient (Wildman–Crippen LogP) is 3.49. The van der Waals surface area contributed by atoms with Crippen molar-refractivity contribution in [2.24, 2.45) is 5.92 Å². The SMILES string of the molecule is COc1cccc(C(=O)NCC(c2ccco2)N2CCC(C)CC2)c1. The van der Waals surface area contributed by atoms with Crippen LogP contribution in [0.5, 0.6) is 5.75 Å². The highest BCUT2D eigenvalue weighted by Crippen LogP contribution is 2.26. The first kappa shape index (κ1) is 17.5. The molecule has 1 fully saturated rings. The highest BCUT2D eigenvalue weighted by molar-refractivity contribution is 5.94. The Labute approximate surface area is 149 Å². The van der Waals surface area contributed by atoms with E-state index in [0.29, 0.717) is 17.9 Å². The fourth-order valence-corrected chi connectivity index (χ4v) is 3.29. The van der Waals surface area contributed by atoms with E-state index in [9.17, 15) is 4.79 Å². The third-order valence-corrected chi connectivity index (χ3v) is 4.92. The van der Waals surface area contributed by atoms with Crippen LogP contribution in [0.4, 0.5) is 0 Å². The van der Waals surface area contributed by atoms with Crippen molar-refractivity contribution in [2.75, 3.05) is 26.7 Å². The van der Waals surface area contributed by atoms with Crippen molar-refractivity contribution in [1.82, 2.24) is 10.2 Å². The van der Waals surface area contributed by atoms with Gasteiger partial charge >= 0.3 is 0 Å². The van der Waals surface area contributed by atoms with Gasteiger partial charge in [-0.05, 0) is 62.2 Å². The molecule has 3 rings (SSSR count). The Morgan fingerprint density at radius 3 is 2.80 bits per heavy atom. The lowest BCUT2D eigenvalue weighted by Crippen LogP contribution is -2.41. The van der Waals surface area contributed by atoms with Crippen LogP contribution in [0.1, 0.15) is 41.9 Å². The predicted molar refractivity (Wildman–Crippen MR) is 96.7 cm³/mol. The minimum absolute atomic E-state index is 0.0667. The molecule has 1 aliphatic rings. The lowest BCUT2D eigenvalue weighted by atomic mass is 9.97. The summed E-state index contributed by atoms with van der Waals surface area (Å²) in [4.78, 5) is 14.9. The Morgan fingerprint density at radius 2 is 2.12 bits per heavy atom. The van der Waals surface area contributed by atoms with Gasteiger partial charge in [-0.15, -0.1) is 0 Å². The zero-order valence-corrected chi connectivity index (χ0v) is 14.9. The van der Waals surface area contributed by atoms with E-state index in [0.717, 1.165) is 24.8 Å². The summed E-state index contributed by atoms with van der Waals surface area (Å²) in [5.74, 6) is 2.25. The van der Waals surface area contributed by atoms with Crippen LogP contribution in [-0.2, 0) is 0 Å². The van der Waals surface area contributed by atoms with Gasteiger partial charge in [0.1, 0.15) is 11.5 Å². The summed E-state index contributed by atoms with van der Waals surface area (Å²) < 4.78 is 10.8. The molecule has 1 unspecified atom stereocenters. The number of nitrogens with one attached hydrogen (secondary N) is 1. The van der Waals surface area contributed by atoms with Crippen LogP contribution >= 0.6 is 0 Å². The molecule has 1 saturated heterocycles. The van der Waals surface area contributed by atoms with E-state index in [1.165, 1.54) is 12.8 Å². The second kappa shape index (κ2) is 8.21. The molecule has 0 aliphatic carbocycles. The minimum Gasteiger partial charge on any atom is -0.497 e. The Balaban J connectivity index is 1.67. The molecule has 2 aromatic rings. The Morgan fingerprint density at radius 1 is 1.32 bits per heavy atom. The van der Waals surface area contributed by atoms with Gasteiger partial charge < -0.3 is 14.5 Å². The fraction of sp³-hybridized carbons (Fsp3) is 0.450. The Kier molecular flexibility index (Phi) is 5.76. The normalized spacial score (nSPS) is 17.2. The molecule has 1 aliphatic heterocycles. The fourth-order valence-electron chi connectivity index (χ4n) is 3.29. The van der Waals surface area contributed by atoms with Crippen LogP contribution in [0.2, 0.25) is 0 Å². The number of nitrogens with zero attached hydrogens (tertiary/aromatic N) is 1. The number of amides is 1. The van der Waals surface area contributed by atoms with E-state index in [1.54, 1.807) is 25.5 Å². The topological polar surface area (TPSA) is 54.7 Å². The average molecular weight is 342 g/mol. The molecule has 0 spiro atoms. The maximum absolute atomic E-state index is 12.5. The van der Waals surface area contributed by atoms with Gasteiger partial charge in [-0.25, -0.2) is 0 Å². The smallest absolute Gasteiger partial charge is 0.251 e. The van der Waals surface area contributed by atoms with Crippen molar-refractivity contribution in [3.05, 3.63) is 54.0 Å². The van der Waals surface area contributed by atoms with Crippen molar-refractivity contribution < 1.29 is 13.9 Å². The molecule has 5 nitrogen and oxygen atoms in total. The number of hydrogen-bond donors (Lipinski definition) is 1. The lowest BCUT2D eigenvalue weighted by molar-refractivity contribution is 0.0895. The molecule has 2 heterocycles. The number of carbonyl (C=O) groups is 1. The molecule has 0 radical (unpaired) electrons. The van der Waals surface area contributed by atoms with Gasteiger partial charge in [-0.1, -0.05) is 13.0 Å². The summed E-state index contributed by atoms with van der Waals surface area (Å²) in [6.45, 7) is 4.88. The number of methoxy groups -OCH3 is 1. The first-order chi connectivity index (χ1) is 12.2. The largest absolute Gasteiger partial charge is 0.497 e. The van der Waals surface area contributed by atoms with Gasteiger partial charge in [0.25, 0.3) is 5.91 Å². The van der Waals surface area contributed by atoms with Crippen LogP contribution in [-0.4, -0.2) is 37.6 Å². The maximum atomic E-state index is 12.5.